The largest absolute Gasteiger partial charge is 0.384 e. The third-order valence-corrected chi connectivity index (χ3v) is 3.89. The Morgan fingerprint density at radius 3 is 2.76 bits per heavy atom. The van der Waals surface area contributed by atoms with Crippen LogP contribution in [0.5, 0.6) is 0 Å². The SMILES string of the molecule is COCC1(CNC2=NCCCN2)CCCCC1. The van der Waals surface area contributed by atoms with Gasteiger partial charge in [-0.1, -0.05) is 19.3 Å². The molecular formula is C13H25N3O. The van der Waals surface area contributed by atoms with Crippen LogP contribution in [0.25, 0.3) is 0 Å². The molecule has 1 fully saturated rings. The van der Waals surface area contributed by atoms with Crippen molar-refractivity contribution in [3.8, 4) is 0 Å². The molecule has 0 amide bonds. The molecule has 1 aliphatic heterocycles. The van der Waals surface area contributed by atoms with E-state index in [2.05, 4.69) is 15.6 Å². The lowest BCUT2D eigenvalue weighted by molar-refractivity contribution is 0.0516. The molecule has 0 atom stereocenters. The van der Waals surface area contributed by atoms with Gasteiger partial charge >= 0.3 is 0 Å². The Balaban J connectivity index is 1.86. The maximum Gasteiger partial charge on any atom is 0.191 e. The van der Waals surface area contributed by atoms with Crippen LogP contribution in [0.3, 0.4) is 0 Å². The van der Waals surface area contributed by atoms with E-state index in [1.807, 2.05) is 7.11 Å². The first-order valence-electron chi connectivity index (χ1n) is 6.86. The van der Waals surface area contributed by atoms with Crippen LogP contribution in [-0.4, -0.2) is 39.3 Å². The van der Waals surface area contributed by atoms with E-state index in [-0.39, 0.29) is 0 Å². The van der Waals surface area contributed by atoms with E-state index in [0.717, 1.165) is 38.6 Å². The molecule has 1 saturated carbocycles. The number of nitrogens with zero attached hydrogens (tertiary/aromatic N) is 1. The summed E-state index contributed by atoms with van der Waals surface area (Å²) in [7, 11) is 1.81. The molecule has 4 nitrogen and oxygen atoms in total. The number of hydrogen-bond acceptors (Lipinski definition) is 4. The Labute approximate surface area is 104 Å². The van der Waals surface area contributed by atoms with Crippen LogP contribution in [0, 0.1) is 5.41 Å². The first kappa shape index (κ1) is 12.7. The molecule has 4 heteroatoms. The standard InChI is InChI=1S/C13H25N3O/c1-17-11-13(6-3-2-4-7-13)10-16-12-14-8-5-9-15-12/h2-11H2,1H3,(H2,14,15,16). The van der Waals surface area contributed by atoms with Gasteiger partial charge < -0.3 is 15.4 Å². The Hall–Kier alpha value is -0.770. The van der Waals surface area contributed by atoms with Gasteiger partial charge in [0.05, 0.1) is 6.61 Å². The van der Waals surface area contributed by atoms with Gasteiger partial charge in [0.25, 0.3) is 0 Å². The Morgan fingerprint density at radius 2 is 2.12 bits per heavy atom. The van der Waals surface area contributed by atoms with Gasteiger partial charge in [-0.05, 0) is 19.3 Å². The number of ether oxygens (including phenoxy) is 1. The molecule has 0 radical (unpaired) electrons. The zero-order valence-electron chi connectivity index (χ0n) is 10.9. The minimum Gasteiger partial charge on any atom is -0.384 e. The lowest BCUT2D eigenvalue weighted by Gasteiger charge is -2.37. The summed E-state index contributed by atoms with van der Waals surface area (Å²) in [6.45, 7) is 3.86. The van der Waals surface area contributed by atoms with Gasteiger partial charge in [0.2, 0.25) is 0 Å². The number of aliphatic imine (C=N–C) groups is 1. The zero-order valence-corrected chi connectivity index (χ0v) is 10.9. The minimum absolute atomic E-state index is 0.328. The predicted octanol–water partition coefficient (Wildman–Crippen LogP) is 1.52. The van der Waals surface area contributed by atoms with Crippen LogP contribution in [0.2, 0.25) is 0 Å². The highest BCUT2D eigenvalue weighted by molar-refractivity contribution is 5.80. The number of guanidine groups is 1. The number of nitrogens with one attached hydrogen (secondary N) is 2. The van der Waals surface area contributed by atoms with E-state index in [4.69, 9.17) is 4.74 Å². The summed E-state index contributed by atoms with van der Waals surface area (Å²) >= 11 is 0. The van der Waals surface area contributed by atoms with Gasteiger partial charge in [0, 0.05) is 32.2 Å². The second-order valence-corrected chi connectivity index (χ2v) is 5.36. The molecule has 0 aromatic rings. The van der Waals surface area contributed by atoms with Crippen molar-refractivity contribution < 1.29 is 4.74 Å². The molecule has 0 unspecified atom stereocenters. The summed E-state index contributed by atoms with van der Waals surface area (Å²) in [5.74, 6) is 0.984. The summed E-state index contributed by atoms with van der Waals surface area (Å²) in [5, 5.41) is 6.79. The summed E-state index contributed by atoms with van der Waals surface area (Å²) < 4.78 is 5.42. The quantitative estimate of drug-likeness (QED) is 0.782. The molecule has 1 heterocycles. The predicted molar refractivity (Wildman–Crippen MR) is 70.3 cm³/mol. The van der Waals surface area contributed by atoms with Crippen molar-refractivity contribution in [2.75, 3.05) is 33.4 Å². The van der Waals surface area contributed by atoms with Crippen molar-refractivity contribution >= 4 is 5.96 Å². The molecular weight excluding hydrogens is 214 g/mol. The highest BCUT2D eigenvalue weighted by atomic mass is 16.5. The van der Waals surface area contributed by atoms with Crippen LogP contribution in [0.15, 0.2) is 4.99 Å². The lowest BCUT2D eigenvalue weighted by Crippen LogP contribution is -2.47. The van der Waals surface area contributed by atoms with E-state index in [0.29, 0.717) is 5.41 Å². The Morgan fingerprint density at radius 1 is 1.29 bits per heavy atom. The third kappa shape index (κ3) is 3.60. The van der Waals surface area contributed by atoms with E-state index >= 15 is 0 Å². The molecule has 98 valence electrons. The lowest BCUT2D eigenvalue weighted by atomic mass is 9.74. The van der Waals surface area contributed by atoms with Crippen molar-refractivity contribution in [1.82, 2.24) is 10.6 Å². The van der Waals surface area contributed by atoms with Crippen LogP contribution >= 0.6 is 0 Å². The molecule has 0 aromatic heterocycles. The topological polar surface area (TPSA) is 45.6 Å². The zero-order chi connectivity index (χ0) is 12.0. The summed E-state index contributed by atoms with van der Waals surface area (Å²) in [5.41, 5.74) is 0.328. The van der Waals surface area contributed by atoms with Gasteiger partial charge in [0.15, 0.2) is 5.96 Å². The van der Waals surface area contributed by atoms with Gasteiger partial charge in [0.1, 0.15) is 0 Å². The van der Waals surface area contributed by atoms with Gasteiger partial charge in [-0.25, -0.2) is 0 Å². The van der Waals surface area contributed by atoms with Crippen molar-refractivity contribution in [3.05, 3.63) is 0 Å². The molecule has 2 N–H and O–H groups in total. The summed E-state index contributed by atoms with van der Waals surface area (Å²) in [4.78, 5) is 4.46. The van der Waals surface area contributed by atoms with Crippen molar-refractivity contribution in [2.45, 2.75) is 38.5 Å². The highest BCUT2D eigenvalue weighted by Gasteiger charge is 2.32. The van der Waals surface area contributed by atoms with Gasteiger partial charge in [-0.15, -0.1) is 0 Å². The first-order chi connectivity index (χ1) is 8.35. The van der Waals surface area contributed by atoms with Crippen LogP contribution in [0.4, 0.5) is 0 Å². The maximum atomic E-state index is 5.42. The summed E-state index contributed by atoms with van der Waals surface area (Å²) in [6.07, 6.45) is 7.76. The Kier molecular flexibility index (Phi) is 4.66. The van der Waals surface area contributed by atoms with Crippen molar-refractivity contribution in [2.24, 2.45) is 10.4 Å². The fraction of sp³-hybridized carbons (Fsp3) is 0.923. The second-order valence-electron chi connectivity index (χ2n) is 5.36. The average molecular weight is 239 g/mol. The van der Waals surface area contributed by atoms with Crippen molar-refractivity contribution in [3.63, 3.8) is 0 Å². The van der Waals surface area contributed by atoms with Gasteiger partial charge in [-0.3, -0.25) is 4.99 Å². The highest BCUT2D eigenvalue weighted by Crippen LogP contribution is 2.35. The third-order valence-electron chi connectivity index (χ3n) is 3.89. The normalized spacial score (nSPS) is 23.7. The molecule has 0 bridgehead atoms. The number of rotatable bonds is 4. The summed E-state index contributed by atoms with van der Waals surface area (Å²) in [6, 6.07) is 0. The van der Waals surface area contributed by atoms with Crippen LogP contribution in [-0.2, 0) is 4.74 Å². The smallest absolute Gasteiger partial charge is 0.191 e. The fourth-order valence-corrected chi connectivity index (χ4v) is 2.90. The second kappa shape index (κ2) is 6.24. The first-order valence-corrected chi connectivity index (χ1v) is 6.86. The van der Waals surface area contributed by atoms with E-state index < -0.39 is 0 Å². The molecule has 0 aromatic carbocycles. The fourth-order valence-electron chi connectivity index (χ4n) is 2.90. The van der Waals surface area contributed by atoms with Crippen LogP contribution in [0.1, 0.15) is 38.5 Å². The minimum atomic E-state index is 0.328. The molecule has 0 saturated heterocycles. The Bertz CT molecular complexity index is 254. The maximum absolute atomic E-state index is 5.42. The van der Waals surface area contributed by atoms with E-state index in [1.165, 1.54) is 32.1 Å². The molecule has 0 spiro atoms. The average Bonchev–Trinajstić information content (AvgIpc) is 2.39. The molecule has 17 heavy (non-hydrogen) atoms. The van der Waals surface area contributed by atoms with Gasteiger partial charge in [-0.2, -0.15) is 0 Å². The number of methoxy groups -OCH3 is 1. The van der Waals surface area contributed by atoms with E-state index in [1.54, 1.807) is 0 Å². The molecule has 2 rings (SSSR count). The number of hydrogen-bond donors (Lipinski definition) is 2. The van der Waals surface area contributed by atoms with E-state index in [9.17, 15) is 0 Å². The van der Waals surface area contributed by atoms with Crippen molar-refractivity contribution in [1.29, 1.82) is 0 Å². The van der Waals surface area contributed by atoms with Crippen LogP contribution < -0.4 is 10.6 Å². The monoisotopic (exact) mass is 239 g/mol. The molecule has 2 aliphatic rings. The molecule has 1 aliphatic carbocycles.